The smallest absolute Gasteiger partial charge is 0.273 e. The third-order valence-electron chi connectivity index (χ3n) is 3.11. The molecule has 1 saturated heterocycles. The summed E-state index contributed by atoms with van der Waals surface area (Å²) in [7, 11) is -3.89. The lowest BCUT2D eigenvalue weighted by atomic mass is 9.99. The van der Waals surface area contributed by atoms with Crippen LogP contribution >= 0.6 is 0 Å². The third kappa shape index (κ3) is 2.96. The zero-order chi connectivity index (χ0) is 14.3. The Balaban J connectivity index is 2.53. The van der Waals surface area contributed by atoms with Crippen LogP contribution in [0.2, 0.25) is 0 Å². The van der Waals surface area contributed by atoms with Crippen LogP contribution in [0.15, 0.2) is 5.16 Å². The van der Waals surface area contributed by atoms with E-state index in [1.807, 2.05) is 20.8 Å². The molecule has 1 aromatic heterocycles. The predicted molar refractivity (Wildman–Crippen MR) is 69.2 cm³/mol. The molecule has 1 aliphatic heterocycles. The van der Waals surface area contributed by atoms with Gasteiger partial charge in [0.2, 0.25) is 0 Å². The Labute approximate surface area is 113 Å². The second-order valence-corrected chi connectivity index (χ2v) is 7.26. The van der Waals surface area contributed by atoms with Gasteiger partial charge in [-0.3, -0.25) is 4.57 Å². The highest BCUT2D eigenvalue weighted by Gasteiger charge is 2.32. The van der Waals surface area contributed by atoms with E-state index >= 15 is 0 Å². The first kappa shape index (κ1) is 14.4. The van der Waals surface area contributed by atoms with Crippen LogP contribution in [-0.4, -0.2) is 36.4 Å². The standard InChI is InChI=1S/C11H20N4O3S/c1-11(2,3)15-9(8-5-4-6-18-7-8)13-14-10(15)19(12,16)17/h8H,4-7H2,1-3H3,(H2,12,16,17). The molecule has 1 atom stereocenters. The molecule has 0 aliphatic carbocycles. The molecule has 0 amide bonds. The molecule has 1 aromatic rings. The lowest BCUT2D eigenvalue weighted by Gasteiger charge is -2.28. The fraction of sp³-hybridized carbons (Fsp3) is 0.818. The van der Waals surface area contributed by atoms with Crippen LogP contribution in [0.5, 0.6) is 0 Å². The van der Waals surface area contributed by atoms with E-state index in [1.165, 1.54) is 0 Å². The first-order valence-corrected chi connectivity index (χ1v) is 7.82. The summed E-state index contributed by atoms with van der Waals surface area (Å²) in [6, 6.07) is 0. The Morgan fingerprint density at radius 3 is 2.53 bits per heavy atom. The van der Waals surface area contributed by atoms with Crippen LogP contribution in [0.3, 0.4) is 0 Å². The van der Waals surface area contributed by atoms with Gasteiger partial charge in [-0.05, 0) is 33.6 Å². The van der Waals surface area contributed by atoms with Gasteiger partial charge in [0.05, 0.1) is 6.61 Å². The highest BCUT2D eigenvalue weighted by molar-refractivity contribution is 7.89. The molecule has 2 N–H and O–H groups in total. The minimum atomic E-state index is -3.89. The van der Waals surface area contributed by atoms with Gasteiger partial charge in [-0.25, -0.2) is 13.6 Å². The van der Waals surface area contributed by atoms with E-state index in [0.717, 1.165) is 19.4 Å². The first-order valence-electron chi connectivity index (χ1n) is 6.27. The Hall–Kier alpha value is -0.990. The summed E-state index contributed by atoms with van der Waals surface area (Å²) < 4.78 is 30.3. The molecule has 2 heterocycles. The van der Waals surface area contributed by atoms with Gasteiger partial charge in [-0.1, -0.05) is 0 Å². The maximum Gasteiger partial charge on any atom is 0.273 e. The average molecular weight is 288 g/mol. The Kier molecular flexibility index (Phi) is 3.67. The highest BCUT2D eigenvalue weighted by Crippen LogP contribution is 2.29. The Morgan fingerprint density at radius 2 is 2.05 bits per heavy atom. The fourth-order valence-electron chi connectivity index (χ4n) is 2.30. The molecule has 1 aliphatic rings. The second kappa shape index (κ2) is 4.84. The monoisotopic (exact) mass is 288 g/mol. The molecule has 0 saturated carbocycles. The van der Waals surface area contributed by atoms with Crippen molar-refractivity contribution in [2.75, 3.05) is 13.2 Å². The van der Waals surface area contributed by atoms with E-state index in [9.17, 15) is 8.42 Å². The number of rotatable bonds is 2. The lowest BCUT2D eigenvalue weighted by molar-refractivity contribution is 0.0753. The van der Waals surface area contributed by atoms with Crippen LogP contribution in [0.1, 0.15) is 45.4 Å². The fourth-order valence-corrected chi connectivity index (χ4v) is 3.08. The number of nitrogens with zero attached hydrogens (tertiary/aromatic N) is 3. The molecule has 1 fully saturated rings. The Bertz CT molecular complexity index is 553. The second-order valence-electron chi connectivity index (χ2n) is 5.81. The minimum Gasteiger partial charge on any atom is -0.381 e. The number of ether oxygens (including phenoxy) is 1. The number of primary sulfonamides is 1. The molecule has 0 radical (unpaired) electrons. The van der Waals surface area contributed by atoms with Crippen LogP contribution in [-0.2, 0) is 20.3 Å². The quantitative estimate of drug-likeness (QED) is 0.857. The molecule has 1 unspecified atom stereocenters. The van der Waals surface area contributed by atoms with Crippen molar-refractivity contribution in [1.29, 1.82) is 0 Å². The van der Waals surface area contributed by atoms with Gasteiger partial charge in [0.25, 0.3) is 15.2 Å². The largest absolute Gasteiger partial charge is 0.381 e. The maximum atomic E-state index is 11.6. The summed E-state index contributed by atoms with van der Waals surface area (Å²) in [6.45, 7) is 6.98. The van der Waals surface area contributed by atoms with Crippen molar-refractivity contribution < 1.29 is 13.2 Å². The number of aromatic nitrogens is 3. The van der Waals surface area contributed by atoms with Crippen LogP contribution in [0.4, 0.5) is 0 Å². The van der Waals surface area contributed by atoms with Gasteiger partial charge in [-0.2, -0.15) is 0 Å². The number of hydrogen-bond acceptors (Lipinski definition) is 5. The van der Waals surface area contributed by atoms with Gasteiger partial charge in [-0.15, -0.1) is 10.2 Å². The lowest BCUT2D eigenvalue weighted by Crippen LogP contribution is -2.32. The summed E-state index contributed by atoms with van der Waals surface area (Å²) in [5.74, 6) is 0.701. The van der Waals surface area contributed by atoms with Crippen molar-refractivity contribution in [3.05, 3.63) is 5.82 Å². The Morgan fingerprint density at radius 1 is 1.37 bits per heavy atom. The molecule has 108 valence electrons. The first-order chi connectivity index (χ1) is 8.71. The van der Waals surface area contributed by atoms with Crippen molar-refractivity contribution in [3.63, 3.8) is 0 Å². The van der Waals surface area contributed by atoms with Crippen molar-refractivity contribution >= 4 is 10.0 Å². The van der Waals surface area contributed by atoms with Gasteiger partial charge in [0, 0.05) is 18.1 Å². The number of sulfonamides is 1. The minimum absolute atomic E-state index is 0.0657. The average Bonchev–Trinajstić information content (AvgIpc) is 2.74. The van der Waals surface area contributed by atoms with Crippen molar-refractivity contribution in [1.82, 2.24) is 14.8 Å². The van der Waals surface area contributed by atoms with E-state index in [1.54, 1.807) is 4.57 Å². The van der Waals surface area contributed by atoms with Crippen LogP contribution in [0.25, 0.3) is 0 Å². The number of hydrogen-bond donors (Lipinski definition) is 1. The molecular formula is C11H20N4O3S. The molecule has 0 aromatic carbocycles. The summed E-state index contributed by atoms with van der Waals surface area (Å²) in [5.41, 5.74) is -0.460. The summed E-state index contributed by atoms with van der Waals surface area (Å²) in [5, 5.41) is 12.9. The molecule has 19 heavy (non-hydrogen) atoms. The predicted octanol–water partition coefficient (Wildman–Crippen LogP) is 0.575. The normalized spacial score (nSPS) is 21.6. The molecule has 2 rings (SSSR count). The van der Waals surface area contributed by atoms with Gasteiger partial charge < -0.3 is 4.74 Å². The maximum absolute atomic E-state index is 11.6. The molecule has 7 nitrogen and oxygen atoms in total. The molecule has 0 spiro atoms. The molecular weight excluding hydrogens is 268 g/mol. The van der Waals surface area contributed by atoms with E-state index in [2.05, 4.69) is 10.2 Å². The van der Waals surface area contributed by atoms with E-state index in [-0.39, 0.29) is 11.1 Å². The van der Waals surface area contributed by atoms with Crippen LogP contribution < -0.4 is 5.14 Å². The zero-order valence-corrected chi connectivity index (χ0v) is 12.3. The van der Waals surface area contributed by atoms with Crippen molar-refractivity contribution in [2.45, 2.75) is 50.2 Å². The van der Waals surface area contributed by atoms with Gasteiger partial charge >= 0.3 is 0 Å². The summed E-state index contributed by atoms with van der Waals surface area (Å²) in [4.78, 5) is 0. The van der Waals surface area contributed by atoms with E-state index in [0.29, 0.717) is 12.4 Å². The zero-order valence-electron chi connectivity index (χ0n) is 11.5. The van der Waals surface area contributed by atoms with E-state index in [4.69, 9.17) is 9.88 Å². The van der Waals surface area contributed by atoms with E-state index < -0.39 is 15.6 Å². The van der Waals surface area contributed by atoms with Crippen LogP contribution in [0, 0.1) is 0 Å². The SMILES string of the molecule is CC(C)(C)n1c(C2CCCOC2)nnc1S(N)(=O)=O. The van der Waals surface area contributed by atoms with Gasteiger partial charge in [0.1, 0.15) is 5.82 Å². The number of nitrogens with two attached hydrogens (primary N) is 1. The van der Waals surface area contributed by atoms with Gasteiger partial charge in [0.15, 0.2) is 0 Å². The summed E-state index contributed by atoms with van der Waals surface area (Å²) in [6.07, 6.45) is 1.85. The highest BCUT2D eigenvalue weighted by atomic mass is 32.2. The molecule has 0 bridgehead atoms. The molecule has 8 heteroatoms. The summed E-state index contributed by atoms with van der Waals surface area (Å²) >= 11 is 0. The topological polar surface area (TPSA) is 100 Å². The van der Waals surface area contributed by atoms with Crippen molar-refractivity contribution in [3.8, 4) is 0 Å². The third-order valence-corrected chi connectivity index (χ3v) is 3.88. The van der Waals surface area contributed by atoms with Crippen molar-refractivity contribution in [2.24, 2.45) is 5.14 Å².